The summed E-state index contributed by atoms with van der Waals surface area (Å²) in [5.41, 5.74) is 14.5. The Balaban J connectivity index is 1.09. The van der Waals surface area contributed by atoms with Crippen LogP contribution in [0, 0.1) is 0 Å². The van der Waals surface area contributed by atoms with Crippen molar-refractivity contribution in [1.82, 2.24) is 9.13 Å². The fraction of sp³-hybridized carbons (Fsp3) is 0. The Bertz CT molecular complexity index is 3210. The summed E-state index contributed by atoms with van der Waals surface area (Å²) in [7, 11) is 0. The first kappa shape index (κ1) is 30.5. The van der Waals surface area contributed by atoms with Gasteiger partial charge in [-0.1, -0.05) is 152 Å². The van der Waals surface area contributed by atoms with Gasteiger partial charge >= 0.3 is 0 Å². The Morgan fingerprint density at radius 2 is 0.722 bits per heavy atom. The predicted molar refractivity (Wildman–Crippen MR) is 229 cm³/mol. The lowest BCUT2D eigenvalue weighted by Gasteiger charge is -2.16. The summed E-state index contributed by atoms with van der Waals surface area (Å²) >= 11 is 0. The quantitative estimate of drug-likeness (QED) is 0.171. The van der Waals surface area contributed by atoms with E-state index >= 15 is 0 Å². The molecule has 0 radical (unpaired) electrons. The van der Waals surface area contributed by atoms with E-state index < -0.39 is 0 Å². The molecule has 0 atom stereocenters. The second-order valence-electron chi connectivity index (χ2n) is 14.1. The van der Waals surface area contributed by atoms with E-state index in [2.05, 4.69) is 215 Å². The van der Waals surface area contributed by atoms with E-state index in [1.54, 1.807) is 0 Å². The van der Waals surface area contributed by atoms with Gasteiger partial charge in [-0.2, -0.15) is 0 Å². The molecule has 0 aliphatic rings. The lowest BCUT2D eigenvalue weighted by atomic mass is 9.93. The van der Waals surface area contributed by atoms with Gasteiger partial charge in [0.15, 0.2) is 0 Å². The van der Waals surface area contributed by atoms with Crippen molar-refractivity contribution in [2.24, 2.45) is 0 Å². The van der Waals surface area contributed by atoms with Crippen molar-refractivity contribution in [3.63, 3.8) is 0 Å². The van der Waals surface area contributed by atoms with E-state index in [0.29, 0.717) is 0 Å². The minimum Gasteiger partial charge on any atom is -0.309 e. The van der Waals surface area contributed by atoms with Gasteiger partial charge in [-0.3, -0.25) is 0 Å². The summed E-state index contributed by atoms with van der Waals surface area (Å²) in [5, 5.41) is 7.51. The topological polar surface area (TPSA) is 9.86 Å². The van der Waals surface area contributed by atoms with Gasteiger partial charge in [0.05, 0.1) is 27.8 Å². The lowest BCUT2D eigenvalue weighted by molar-refractivity contribution is 1.18. The number of hydrogen-bond donors (Lipinski definition) is 0. The highest BCUT2D eigenvalue weighted by atomic mass is 15.0. The van der Waals surface area contributed by atoms with Crippen LogP contribution in [0.4, 0.5) is 0 Å². The fourth-order valence-corrected chi connectivity index (χ4v) is 8.74. The molecule has 0 aliphatic heterocycles. The molecule has 9 aromatic carbocycles. The Hall–Kier alpha value is -7.16. The van der Waals surface area contributed by atoms with Crippen molar-refractivity contribution in [2.75, 3.05) is 0 Å². The number of aromatic nitrogens is 2. The van der Waals surface area contributed by atoms with Crippen LogP contribution in [0.2, 0.25) is 0 Å². The summed E-state index contributed by atoms with van der Waals surface area (Å²) in [6.45, 7) is 0. The van der Waals surface area contributed by atoms with Crippen LogP contribution >= 0.6 is 0 Å². The van der Waals surface area contributed by atoms with E-state index in [1.807, 2.05) is 0 Å². The first-order valence-electron chi connectivity index (χ1n) is 18.6. The van der Waals surface area contributed by atoms with Crippen molar-refractivity contribution in [2.45, 2.75) is 0 Å². The lowest BCUT2D eigenvalue weighted by Crippen LogP contribution is -1.97. The number of rotatable bonds is 5. The van der Waals surface area contributed by atoms with Gasteiger partial charge in [-0.05, 0) is 93.2 Å². The second kappa shape index (κ2) is 12.2. The number of fused-ring (bicyclic) bond motifs is 7. The van der Waals surface area contributed by atoms with Crippen molar-refractivity contribution >= 4 is 54.4 Å². The SMILES string of the molecule is c1ccc(-n2c3ccccc3c3cc(-c4ccccc4-c4ccc5c(c4)c4ccccc4n5-c4ccccc4-c4cccc5ccccc45)ccc32)cc1. The maximum atomic E-state index is 2.45. The molecule has 0 spiro atoms. The minimum absolute atomic E-state index is 1.17. The summed E-state index contributed by atoms with van der Waals surface area (Å²) in [5.74, 6) is 0. The van der Waals surface area contributed by atoms with Gasteiger partial charge < -0.3 is 9.13 Å². The first-order valence-corrected chi connectivity index (χ1v) is 18.6. The third-order valence-corrected chi connectivity index (χ3v) is 11.1. The zero-order valence-corrected chi connectivity index (χ0v) is 29.5. The van der Waals surface area contributed by atoms with Gasteiger partial charge in [-0.15, -0.1) is 0 Å². The van der Waals surface area contributed by atoms with Crippen molar-refractivity contribution < 1.29 is 0 Å². The highest BCUT2D eigenvalue weighted by Crippen LogP contribution is 2.42. The fourth-order valence-electron chi connectivity index (χ4n) is 8.74. The molecule has 0 saturated carbocycles. The largest absolute Gasteiger partial charge is 0.309 e. The minimum atomic E-state index is 1.17. The molecule has 252 valence electrons. The second-order valence-corrected chi connectivity index (χ2v) is 14.1. The first-order chi connectivity index (χ1) is 26.8. The molecule has 0 fully saturated rings. The maximum Gasteiger partial charge on any atom is 0.0541 e. The number of nitrogens with zero attached hydrogens (tertiary/aromatic N) is 2. The van der Waals surface area contributed by atoms with Crippen molar-refractivity contribution in [3.8, 4) is 44.8 Å². The molecule has 2 heterocycles. The molecule has 0 bridgehead atoms. The van der Waals surface area contributed by atoms with Gasteiger partial charge in [0, 0.05) is 32.8 Å². The molecular formula is C52H34N2. The molecule has 2 nitrogen and oxygen atoms in total. The van der Waals surface area contributed by atoms with E-state index in [0.717, 1.165) is 0 Å². The molecule has 0 saturated heterocycles. The molecule has 0 unspecified atom stereocenters. The number of hydrogen-bond acceptors (Lipinski definition) is 0. The highest BCUT2D eigenvalue weighted by molar-refractivity contribution is 6.13. The zero-order valence-electron chi connectivity index (χ0n) is 29.5. The molecule has 0 N–H and O–H groups in total. The maximum absolute atomic E-state index is 2.45. The van der Waals surface area contributed by atoms with E-state index in [-0.39, 0.29) is 0 Å². The Morgan fingerprint density at radius 1 is 0.259 bits per heavy atom. The highest BCUT2D eigenvalue weighted by Gasteiger charge is 2.19. The van der Waals surface area contributed by atoms with Crippen molar-refractivity contribution in [3.05, 3.63) is 206 Å². The van der Waals surface area contributed by atoms with E-state index in [9.17, 15) is 0 Å². The molecule has 0 aliphatic carbocycles. The summed E-state index contributed by atoms with van der Waals surface area (Å²) in [6, 6.07) is 75.2. The van der Waals surface area contributed by atoms with Crippen molar-refractivity contribution in [1.29, 1.82) is 0 Å². The smallest absolute Gasteiger partial charge is 0.0541 e. The molecule has 2 heteroatoms. The number of para-hydroxylation sites is 4. The van der Waals surface area contributed by atoms with Crippen LogP contribution in [0.5, 0.6) is 0 Å². The third kappa shape index (κ3) is 4.67. The zero-order chi connectivity index (χ0) is 35.6. The Morgan fingerprint density at radius 3 is 1.41 bits per heavy atom. The summed E-state index contributed by atoms with van der Waals surface area (Å²) in [4.78, 5) is 0. The molecule has 54 heavy (non-hydrogen) atoms. The third-order valence-electron chi connectivity index (χ3n) is 11.1. The number of benzene rings is 9. The average Bonchev–Trinajstić information content (AvgIpc) is 3.76. The Labute approximate surface area is 313 Å². The predicted octanol–water partition coefficient (Wildman–Crippen LogP) is 14.0. The van der Waals surface area contributed by atoms with Crippen LogP contribution in [-0.4, -0.2) is 9.13 Å². The molecule has 11 aromatic rings. The summed E-state index contributed by atoms with van der Waals surface area (Å²) in [6.07, 6.45) is 0. The van der Waals surface area contributed by atoms with Crippen LogP contribution in [0.1, 0.15) is 0 Å². The van der Waals surface area contributed by atoms with Gasteiger partial charge in [-0.25, -0.2) is 0 Å². The average molecular weight is 687 g/mol. The molecule has 0 amide bonds. The van der Waals surface area contributed by atoms with Gasteiger partial charge in [0.1, 0.15) is 0 Å². The monoisotopic (exact) mass is 686 g/mol. The van der Waals surface area contributed by atoms with Crippen LogP contribution in [0.3, 0.4) is 0 Å². The van der Waals surface area contributed by atoms with Crippen LogP contribution in [0.25, 0.3) is 99.1 Å². The van der Waals surface area contributed by atoms with Gasteiger partial charge in [0.2, 0.25) is 0 Å². The van der Waals surface area contributed by atoms with Gasteiger partial charge in [0.25, 0.3) is 0 Å². The normalized spacial score (nSPS) is 11.7. The van der Waals surface area contributed by atoms with E-state index in [4.69, 9.17) is 0 Å². The van der Waals surface area contributed by atoms with Crippen LogP contribution in [-0.2, 0) is 0 Å². The summed E-state index contributed by atoms with van der Waals surface area (Å²) < 4.78 is 4.83. The standard InChI is InChI=1S/C52H34N2/c1-2-17-38(18-3-1)53-48-26-11-9-23-44(48)46-33-36(29-31-51(46)53)40-20-6-7-21-41(40)37-30-32-52-47(34-37)45-24-10-13-28-50(45)54(52)49-27-12-8-22-43(49)42-25-14-16-35-15-4-5-19-39(35)42/h1-34H. The van der Waals surface area contributed by atoms with Crippen LogP contribution in [0.15, 0.2) is 206 Å². The molecular weight excluding hydrogens is 653 g/mol. The van der Waals surface area contributed by atoms with Crippen LogP contribution < -0.4 is 0 Å². The molecule has 11 rings (SSSR count). The molecule has 2 aromatic heterocycles. The Kier molecular flexibility index (Phi) is 6.90. The van der Waals surface area contributed by atoms with E-state index in [1.165, 1.54) is 99.1 Å².